The molecule has 4 aliphatic carbocycles. The minimum atomic E-state index is -0.753. The number of aliphatic hydroxyl groups is 2. The third kappa shape index (κ3) is 2.74. The lowest BCUT2D eigenvalue weighted by Crippen LogP contribution is -2.59. The highest BCUT2D eigenvalue weighted by molar-refractivity contribution is 5.83. The summed E-state index contributed by atoms with van der Waals surface area (Å²) in [5, 5.41) is 20.8. The Bertz CT molecular complexity index is 789. The summed E-state index contributed by atoms with van der Waals surface area (Å²) in [5.41, 5.74) is 0.00540. The average Bonchev–Trinajstić information content (AvgIpc) is 3.18. The molecule has 0 bridgehead atoms. The highest BCUT2D eigenvalue weighted by Crippen LogP contribution is 2.71. The molecule has 6 fully saturated rings. The summed E-state index contributed by atoms with van der Waals surface area (Å²) < 4.78 is 13.2. The topological polar surface area (TPSA) is 76.0 Å². The van der Waals surface area contributed by atoms with E-state index >= 15 is 0 Å². The minimum Gasteiger partial charge on any atom is -0.390 e. The predicted octanol–water partition coefficient (Wildman–Crippen LogP) is 3.94. The molecule has 13 atom stereocenters. The van der Waals surface area contributed by atoms with E-state index in [0.29, 0.717) is 60.6 Å². The molecule has 0 aromatic heterocycles. The van der Waals surface area contributed by atoms with Crippen molar-refractivity contribution in [1.29, 1.82) is 0 Å². The summed E-state index contributed by atoms with van der Waals surface area (Å²) in [7, 11) is 0. The Morgan fingerprint density at radius 2 is 1.75 bits per heavy atom. The molecule has 5 heteroatoms. The molecule has 0 aromatic rings. The first-order valence-electron chi connectivity index (χ1n) is 13.3. The van der Waals surface area contributed by atoms with Gasteiger partial charge < -0.3 is 19.7 Å². The Balaban J connectivity index is 1.29. The van der Waals surface area contributed by atoms with Gasteiger partial charge in [0.2, 0.25) is 0 Å². The molecule has 180 valence electrons. The van der Waals surface area contributed by atoms with Gasteiger partial charge in [0.25, 0.3) is 0 Å². The van der Waals surface area contributed by atoms with E-state index in [1.165, 1.54) is 12.8 Å². The molecule has 0 amide bonds. The zero-order valence-electron chi connectivity index (χ0n) is 20.3. The second kappa shape index (κ2) is 7.02. The predicted molar refractivity (Wildman–Crippen MR) is 120 cm³/mol. The number of carbonyl (C=O) groups excluding carboxylic acids is 1. The zero-order chi connectivity index (χ0) is 22.6. The van der Waals surface area contributed by atoms with Gasteiger partial charge in [-0.05, 0) is 78.9 Å². The van der Waals surface area contributed by atoms with E-state index in [9.17, 15) is 15.0 Å². The number of hydrogen-bond donors (Lipinski definition) is 2. The third-order valence-corrected chi connectivity index (χ3v) is 11.7. The molecule has 4 saturated carbocycles. The second-order valence-corrected chi connectivity index (χ2v) is 13.2. The van der Waals surface area contributed by atoms with Crippen molar-refractivity contribution < 1.29 is 24.5 Å². The Hall–Kier alpha value is -0.490. The van der Waals surface area contributed by atoms with Crippen LogP contribution in [0.3, 0.4) is 0 Å². The van der Waals surface area contributed by atoms with Crippen LogP contribution in [0.2, 0.25) is 0 Å². The third-order valence-electron chi connectivity index (χ3n) is 11.7. The maximum atomic E-state index is 13.4. The van der Waals surface area contributed by atoms with Gasteiger partial charge in [-0.1, -0.05) is 27.7 Å². The summed E-state index contributed by atoms with van der Waals surface area (Å²) in [6.07, 6.45) is 5.97. The highest BCUT2D eigenvalue weighted by atomic mass is 16.7. The zero-order valence-corrected chi connectivity index (χ0v) is 20.3. The van der Waals surface area contributed by atoms with Crippen LogP contribution in [-0.4, -0.2) is 46.7 Å². The summed E-state index contributed by atoms with van der Waals surface area (Å²) in [6.45, 7) is 10.2. The lowest BCUT2D eigenvalue weighted by Gasteiger charge is -2.61. The van der Waals surface area contributed by atoms with Crippen molar-refractivity contribution in [2.45, 2.75) is 103 Å². The van der Waals surface area contributed by atoms with E-state index in [4.69, 9.17) is 9.47 Å². The molecule has 1 spiro atoms. The van der Waals surface area contributed by atoms with Crippen LogP contribution in [0.1, 0.15) is 79.1 Å². The van der Waals surface area contributed by atoms with Gasteiger partial charge in [0, 0.05) is 24.7 Å². The molecule has 6 rings (SSSR count). The van der Waals surface area contributed by atoms with E-state index in [0.717, 1.165) is 25.9 Å². The number of fused-ring (bicyclic) bond motifs is 7. The fourth-order valence-corrected chi connectivity index (χ4v) is 10.1. The first-order valence-corrected chi connectivity index (χ1v) is 13.3. The lowest BCUT2D eigenvalue weighted by molar-refractivity contribution is -0.273. The fourth-order valence-electron chi connectivity index (χ4n) is 10.1. The highest BCUT2D eigenvalue weighted by Gasteiger charge is 2.70. The van der Waals surface area contributed by atoms with Crippen LogP contribution in [-0.2, 0) is 14.3 Å². The SMILES string of the molecule is C[C@@H]1CC[C@@]2(OC1)O[C@H]1C[C@@H]3[C@@H]4CC(=O)[C@H]5C[C@@H](O)[C@H](O)C[C@]5(C)[C@H]4CC[C@]3(C)[C@H]1[C@@H]2C. The Kier molecular flexibility index (Phi) is 4.83. The first-order chi connectivity index (χ1) is 15.1. The monoisotopic (exact) mass is 446 g/mol. The van der Waals surface area contributed by atoms with E-state index in [1.807, 2.05) is 0 Å². The van der Waals surface area contributed by atoms with Crippen LogP contribution >= 0.6 is 0 Å². The smallest absolute Gasteiger partial charge is 0.171 e. The molecule has 0 aromatic carbocycles. The normalized spacial score (nSPS) is 61.8. The number of Topliss-reactive ketones (excluding diaryl/α,β-unsaturated/α-hetero) is 1. The number of ketones is 1. The summed E-state index contributed by atoms with van der Waals surface area (Å²) >= 11 is 0. The van der Waals surface area contributed by atoms with Crippen molar-refractivity contribution in [2.24, 2.45) is 52.3 Å². The van der Waals surface area contributed by atoms with E-state index in [2.05, 4.69) is 27.7 Å². The maximum absolute atomic E-state index is 13.4. The summed E-state index contributed by atoms with van der Waals surface area (Å²) in [5.74, 6) is 2.69. The maximum Gasteiger partial charge on any atom is 0.171 e. The minimum absolute atomic E-state index is 0.0940. The second-order valence-electron chi connectivity index (χ2n) is 13.2. The standard InChI is InChI=1S/C27H42O5/c1-14-5-8-27(31-13-14)15(2)24-23(32-27)11-18-16-9-20(28)19-10-21(29)22(30)12-26(19,4)17(16)6-7-25(18,24)3/h14-19,21-24,29-30H,5-13H2,1-4H3/t14-,15+,16-,17+,18-,19-,21-,22-,23+,24+,25+,26-,27-/m1/s1. The number of aliphatic hydroxyl groups excluding tert-OH is 2. The van der Waals surface area contributed by atoms with Gasteiger partial charge in [-0.15, -0.1) is 0 Å². The molecule has 2 aliphatic heterocycles. The molecule has 5 nitrogen and oxygen atoms in total. The van der Waals surface area contributed by atoms with Crippen LogP contribution < -0.4 is 0 Å². The molecule has 2 saturated heterocycles. The van der Waals surface area contributed by atoms with Crippen LogP contribution in [0.5, 0.6) is 0 Å². The molecule has 32 heavy (non-hydrogen) atoms. The molecular weight excluding hydrogens is 404 g/mol. The van der Waals surface area contributed by atoms with Crippen molar-refractivity contribution in [3.05, 3.63) is 0 Å². The van der Waals surface area contributed by atoms with Crippen LogP contribution in [0, 0.1) is 52.3 Å². The lowest BCUT2D eigenvalue weighted by atomic mass is 9.44. The Morgan fingerprint density at radius 3 is 2.47 bits per heavy atom. The van der Waals surface area contributed by atoms with Crippen molar-refractivity contribution in [2.75, 3.05) is 6.61 Å². The van der Waals surface area contributed by atoms with E-state index < -0.39 is 18.0 Å². The van der Waals surface area contributed by atoms with Gasteiger partial charge in [0.05, 0.1) is 24.9 Å². The van der Waals surface area contributed by atoms with Crippen molar-refractivity contribution in [1.82, 2.24) is 0 Å². The number of ether oxygens (including phenoxy) is 2. The van der Waals surface area contributed by atoms with Crippen LogP contribution in [0.4, 0.5) is 0 Å². The van der Waals surface area contributed by atoms with E-state index in [-0.39, 0.29) is 22.9 Å². The number of carbonyl (C=O) groups is 1. The molecule has 6 aliphatic rings. The van der Waals surface area contributed by atoms with Crippen molar-refractivity contribution in [3.8, 4) is 0 Å². The summed E-state index contributed by atoms with van der Waals surface area (Å²) in [4.78, 5) is 13.4. The molecule has 2 heterocycles. The molecule has 0 unspecified atom stereocenters. The number of rotatable bonds is 0. The average molecular weight is 447 g/mol. The van der Waals surface area contributed by atoms with Gasteiger partial charge >= 0.3 is 0 Å². The van der Waals surface area contributed by atoms with Crippen LogP contribution in [0.15, 0.2) is 0 Å². The quantitative estimate of drug-likeness (QED) is 0.589. The molecule has 2 N–H and O–H groups in total. The van der Waals surface area contributed by atoms with Gasteiger partial charge in [0.1, 0.15) is 5.78 Å². The van der Waals surface area contributed by atoms with Crippen molar-refractivity contribution in [3.63, 3.8) is 0 Å². The van der Waals surface area contributed by atoms with Gasteiger partial charge in [-0.3, -0.25) is 4.79 Å². The Labute approximate surface area is 192 Å². The van der Waals surface area contributed by atoms with E-state index in [1.54, 1.807) is 0 Å². The molecular formula is C27H42O5. The molecule has 0 radical (unpaired) electrons. The Morgan fingerprint density at radius 1 is 0.969 bits per heavy atom. The van der Waals surface area contributed by atoms with Gasteiger partial charge in [0.15, 0.2) is 5.79 Å². The fraction of sp³-hybridized carbons (Fsp3) is 0.963. The van der Waals surface area contributed by atoms with Crippen molar-refractivity contribution >= 4 is 5.78 Å². The van der Waals surface area contributed by atoms with Crippen LogP contribution in [0.25, 0.3) is 0 Å². The number of hydrogen-bond acceptors (Lipinski definition) is 5. The summed E-state index contributed by atoms with van der Waals surface area (Å²) in [6, 6.07) is 0. The van der Waals surface area contributed by atoms with Gasteiger partial charge in [-0.2, -0.15) is 0 Å². The van der Waals surface area contributed by atoms with Gasteiger partial charge in [-0.25, -0.2) is 0 Å². The first kappa shape index (κ1) is 22.0. The largest absolute Gasteiger partial charge is 0.390 e.